The molecule has 0 fully saturated rings. The molecule has 6 aromatic rings. The van der Waals surface area contributed by atoms with Crippen molar-refractivity contribution in [2.75, 3.05) is 0 Å². The average Bonchev–Trinajstić information content (AvgIpc) is 2.98. The number of hydrogen-bond donors (Lipinski definition) is 0. The van der Waals surface area contributed by atoms with Crippen LogP contribution in [0.25, 0.3) is 21.5 Å². The fourth-order valence-corrected chi connectivity index (χ4v) is 8.42. The van der Waals surface area contributed by atoms with Crippen LogP contribution >= 0.6 is 8.15 Å². The highest BCUT2D eigenvalue weighted by atomic mass is 31.1. The second-order valence-corrected chi connectivity index (χ2v) is 11.7. The lowest BCUT2D eigenvalue weighted by Gasteiger charge is -2.46. The van der Waals surface area contributed by atoms with Crippen LogP contribution in [0.5, 0.6) is 11.5 Å². The minimum absolute atomic E-state index is 0.803. The first-order valence-electron chi connectivity index (χ1n) is 13.0. The molecule has 38 heavy (non-hydrogen) atoms. The lowest BCUT2D eigenvalue weighted by molar-refractivity contribution is 0.179. The van der Waals surface area contributed by atoms with Crippen LogP contribution in [0.15, 0.2) is 127 Å². The Bertz CT molecular complexity index is 1730. The molecule has 0 spiro atoms. The number of benzene rings is 6. The first kappa shape index (κ1) is 23.0. The van der Waals surface area contributed by atoms with Crippen molar-refractivity contribution in [1.82, 2.24) is 0 Å². The van der Waals surface area contributed by atoms with E-state index in [1.165, 1.54) is 27.2 Å². The maximum atomic E-state index is 7.49. The zero-order valence-electron chi connectivity index (χ0n) is 21.4. The van der Waals surface area contributed by atoms with E-state index in [0.717, 1.165) is 33.4 Å². The van der Waals surface area contributed by atoms with Crippen molar-refractivity contribution < 1.29 is 9.26 Å². The van der Waals surface area contributed by atoms with Crippen molar-refractivity contribution in [2.45, 2.75) is 19.2 Å². The topological polar surface area (TPSA) is 18.5 Å². The van der Waals surface area contributed by atoms with Gasteiger partial charge in [-0.2, -0.15) is 0 Å². The maximum Gasteiger partial charge on any atom is 0.217 e. The molecule has 0 radical (unpaired) electrons. The molecule has 184 valence electrons. The second kappa shape index (κ2) is 9.01. The Morgan fingerprint density at radius 2 is 0.921 bits per heavy atom. The van der Waals surface area contributed by atoms with Gasteiger partial charge in [-0.25, -0.2) is 0 Å². The Morgan fingerprint density at radius 3 is 1.45 bits per heavy atom. The Labute approximate surface area is 224 Å². The van der Waals surface area contributed by atoms with Gasteiger partial charge in [-0.1, -0.05) is 127 Å². The predicted molar refractivity (Wildman–Crippen MR) is 159 cm³/mol. The molecule has 0 aromatic heterocycles. The van der Waals surface area contributed by atoms with Crippen LogP contribution in [-0.2, 0) is 5.34 Å². The van der Waals surface area contributed by atoms with Gasteiger partial charge in [0.1, 0.15) is 0 Å². The Kier molecular flexibility index (Phi) is 5.46. The highest BCUT2D eigenvalue weighted by Crippen LogP contribution is 2.67. The number of rotatable bonds is 3. The second-order valence-electron chi connectivity index (χ2n) is 9.85. The molecule has 0 bridgehead atoms. The highest BCUT2D eigenvalue weighted by Gasteiger charge is 2.53. The van der Waals surface area contributed by atoms with Gasteiger partial charge in [0.2, 0.25) is 5.34 Å². The summed E-state index contributed by atoms with van der Waals surface area (Å²) in [4.78, 5) is 0. The van der Waals surface area contributed by atoms with Gasteiger partial charge in [-0.15, -0.1) is 0 Å². The summed E-state index contributed by atoms with van der Waals surface area (Å²) in [5.74, 6) is 1.63. The monoisotopic (exact) mass is 510 g/mol. The van der Waals surface area contributed by atoms with Gasteiger partial charge in [0.05, 0.1) is 0 Å². The summed E-state index contributed by atoms with van der Waals surface area (Å²) in [6.45, 7) is 4.37. The van der Waals surface area contributed by atoms with Crippen LogP contribution in [0.4, 0.5) is 0 Å². The van der Waals surface area contributed by atoms with E-state index in [9.17, 15) is 0 Å². The smallest absolute Gasteiger partial charge is 0.217 e. The lowest BCUT2D eigenvalue weighted by Crippen LogP contribution is -2.41. The van der Waals surface area contributed by atoms with E-state index >= 15 is 0 Å². The molecule has 7 rings (SSSR count). The summed E-state index contributed by atoms with van der Waals surface area (Å²) in [5.41, 5.74) is 4.60. The molecule has 6 aromatic carbocycles. The van der Waals surface area contributed by atoms with Crippen LogP contribution < -0.4 is 14.6 Å². The van der Waals surface area contributed by atoms with Gasteiger partial charge in [-0.05, 0) is 35.7 Å². The summed E-state index contributed by atoms with van der Waals surface area (Å²) < 4.78 is 14.9. The minimum atomic E-state index is -1.35. The van der Waals surface area contributed by atoms with Crippen molar-refractivity contribution >= 4 is 35.0 Å². The number of hydrogen-bond acceptors (Lipinski definition) is 2. The predicted octanol–water partition coefficient (Wildman–Crippen LogP) is 9.00. The van der Waals surface area contributed by atoms with Crippen molar-refractivity contribution in [1.29, 1.82) is 0 Å². The van der Waals surface area contributed by atoms with Crippen LogP contribution in [0.2, 0.25) is 0 Å². The zero-order chi connectivity index (χ0) is 25.7. The normalized spacial score (nSPS) is 16.0. The maximum absolute atomic E-state index is 7.49. The first-order chi connectivity index (χ1) is 18.7. The van der Waals surface area contributed by atoms with Gasteiger partial charge >= 0.3 is 0 Å². The van der Waals surface area contributed by atoms with E-state index in [0.29, 0.717) is 0 Å². The third kappa shape index (κ3) is 3.37. The number of aryl methyl sites for hydroxylation is 2. The van der Waals surface area contributed by atoms with Gasteiger partial charge in [0.15, 0.2) is 19.6 Å². The molecule has 0 amide bonds. The molecule has 1 atom stereocenters. The molecule has 1 aliphatic rings. The van der Waals surface area contributed by atoms with E-state index in [1.54, 1.807) is 0 Å². The van der Waals surface area contributed by atoms with Gasteiger partial charge < -0.3 is 9.26 Å². The zero-order valence-corrected chi connectivity index (χ0v) is 22.3. The number of fused-ring (bicyclic) bond motifs is 6. The Balaban J connectivity index is 1.64. The van der Waals surface area contributed by atoms with Crippen molar-refractivity contribution in [3.8, 4) is 11.5 Å². The Hall–Kier alpha value is -4.13. The third-order valence-corrected chi connectivity index (χ3v) is 10.2. The Morgan fingerprint density at radius 1 is 0.474 bits per heavy atom. The largest absolute Gasteiger partial charge is 0.465 e. The molecule has 0 N–H and O–H groups in total. The summed E-state index contributed by atoms with van der Waals surface area (Å²) in [6.07, 6.45) is 0. The molecule has 0 saturated heterocycles. The summed E-state index contributed by atoms with van der Waals surface area (Å²) in [6, 6.07) is 44.7. The van der Waals surface area contributed by atoms with Crippen LogP contribution in [0, 0.1) is 13.8 Å². The van der Waals surface area contributed by atoms with E-state index in [1.807, 2.05) is 0 Å². The molecule has 1 heterocycles. The van der Waals surface area contributed by atoms with Crippen LogP contribution in [0.1, 0.15) is 22.3 Å². The molecular formula is C35H27O2P. The molecule has 3 heteroatoms. The molecular weight excluding hydrogens is 483 g/mol. The first-order valence-corrected chi connectivity index (χ1v) is 14.2. The summed E-state index contributed by atoms with van der Waals surface area (Å²) in [5, 5.41) is 4.86. The molecule has 1 unspecified atom stereocenters. The van der Waals surface area contributed by atoms with Crippen LogP contribution in [-0.4, -0.2) is 0 Å². The third-order valence-electron chi connectivity index (χ3n) is 7.53. The minimum Gasteiger partial charge on any atom is -0.465 e. The van der Waals surface area contributed by atoms with Gasteiger partial charge in [-0.3, -0.25) is 0 Å². The molecule has 1 aliphatic heterocycles. The van der Waals surface area contributed by atoms with E-state index in [2.05, 4.69) is 141 Å². The fourth-order valence-electron chi connectivity index (χ4n) is 5.79. The molecule has 0 aliphatic carbocycles. The van der Waals surface area contributed by atoms with Crippen LogP contribution in [0.3, 0.4) is 0 Å². The van der Waals surface area contributed by atoms with Gasteiger partial charge in [0, 0.05) is 27.2 Å². The standard InChI is InChI=1S/C35H27O2P/c1-24-14-13-15-25(2)34(24)38-35(26-16-5-3-6-17-26,27-18-7-4-8-19-27)36-32-30-22-11-9-20-28(30)29-21-10-12-23-31(29)33(32)37-38/h3-23H,1-2H3. The lowest BCUT2D eigenvalue weighted by atomic mass is 9.98. The fraction of sp³-hybridized carbons (Fsp3) is 0.0857. The number of ether oxygens (including phenoxy) is 1. The highest BCUT2D eigenvalue weighted by molar-refractivity contribution is 7.62. The van der Waals surface area contributed by atoms with Gasteiger partial charge in [0.25, 0.3) is 0 Å². The van der Waals surface area contributed by atoms with E-state index in [-0.39, 0.29) is 0 Å². The van der Waals surface area contributed by atoms with Crippen molar-refractivity contribution in [3.05, 3.63) is 150 Å². The van der Waals surface area contributed by atoms with Crippen molar-refractivity contribution in [2.24, 2.45) is 0 Å². The molecule has 2 nitrogen and oxygen atoms in total. The average molecular weight is 511 g/mol. The summed E-state index contributed by atoms with van der Waals surface area (Å²) in [7, 11) is -1.35. The quantitative estimate of drug-likeness (QED) is 0.175. The summed E-state index contributed by atoms with van der Waals surface area (Å²) >= 11 is 0. The van der Waals surface area contributed by atoms with E-state index in [4.69, 9.17) is 9.26 Å². The SMILES string of the molecule is Cc1cccc(C)c1P1Oc2c(c3ccccc3c3ccccc23)OC1(c1ccccc1)c1ccccc1. The molecule has 0 saturated carbocycles. The van der Waals surface area contributed by atoms with E-state index < -0.39 is 13.5 Å². The van der Waals surface area contributed by atoms with Crippen molar-refractivity contribution in [3.63, 3.8) is 0 Å².